The van der Waals surface area contributed by atoms with Gasteiger partial charge in [0.2, 0.25) is 0 Å². The van der Waals surface area contributed by atoms with Gasteiger partial charge in [-0.1, -0.05) is 6.07 Å². The lowest BCUT2D eigenvalue weighted by molar-refractivity contribution is -0.0672. The van der Waals surface area contributed by atoms with Crippen molar-refractivity contribution in [2.24, 2.45) is 0 Å². The molecule has 1 aromatic rings. The summed E-state index contributed by atoms with van der Waals surface area (Å²) in [5.41, 5.74) is 1.43. The van der Waals surface area contributed by atoms with Crippen molar-refractivity contribution in [3.05, 3.63) is 24.3 Å². The number of urea groups is 2. The minimum Gasteiger partial charge on any atom is -0.373 e. The molecule has 8 heteroatoms. The Morgan fingerprint density at radius 3 is 2.77 bits per heavy atom. The minimum absolute atomic E-state index is 0.111. The van der Waals surface area contributed by atoms with Crippen molar-refractivity contribution in [3.8, 4) is 0 Å². The Balaban J connectivity index is 1.45. The van der Waals surface area contributed by atoms with E-state index in [1.807, 2.05) is 18.2 Å². The van der Waals surface area contributed by atoms with Crippen LogP contribution in [0.4, 0.5) is 21.0 Å². The van der Waals surface area contributed by atoms with Crippen molar-refractivity contribution >= 4 is 23.4 Å². The lowest BCUT2D eigenvalue weighted by Gasteiger charge is -2.35. The van der Waals surface area contributed by atoms with Crippen LogP contribution in [0.5, 0.6) is 0 Å². The van der Waals surface area contributed by atoms with Gasteiger partial charge in [0.05, 0.1) is 12.2 Å². The third-order valence-electron chi connectivity index (χ3n) is 4.48. The number of nitrogens with one attached hydrogen (secondary N) is 3. The number of amides is 4. The van der Waals surface area contributed by atoms with Crippen LogP contribution in [0.3, 0.4) is 0 Å². The van der Waals surface area contributed by atoms with Gasteiger partial charge in [0.1, 0.15) is 0 Å². The molecule has 2 atom stereocenters. The highest BCUT2D eigenvalue weighted by atomic mass is 16.5. The van der Waals surface area contributed by atoms with Gasteiger partial charge in [0.25, 0.3) is 0 Å². The number of benzene rings is 1. The Hall–Kier alpha value is -2.32. The van der Waals surface area contributed by atoms with Crippen LogP contribution in [0.1, 0.15) is 13.8 Å². The number of carbonyl (C=O) groups is 2. The van der Waals surface area contributed by atoms with Gasteiger partial charge >= 0.3 is 12.1 Å². The maximum atomic E-state index is 12.1. The quantitative estimate of drug-likeness (QED) is 0.741. The molecule has 0 saturated carbocycles. The lowest BCUT2D eigenvalue weighted by Crippen LogP contribution is -2.48. The Morgan fingerprint density at radius 1 is 1.31 bits per heavy atom. The summed E-state index contributed by atoms with van der Waals surface area (Å²) in [4.78, 5) is 27.8. The summed E-state index contributed by atoms with van der Waals surface area (Å²) in [6, 6.07) is 6.93. The molecule has 26 heavy (non-hydrogen) atoms. The zero-order valence-electron chi connectivity index (χ0n) is 15.3. The van der Waals surface area contributed by atoms with Crippen molar-refractivity contribution in [2.45, 2.75) is 26.1 Å². The fourth-order valence-electron chi connectivity index (χ4n) is 3.44. The summed E-state index contributed by atoms with van der Waals surface area (Å²) in [5.74, 6) is 0. The Labute approximate surface area is 153 Å². The predicted octanol–water partition coefficient (Wildman–Crippen LogP) is 1.45. The molecule has 3 N–H and O–H groups in total. The van der Waals surface area contributed by atoms with Crippen LogP contribution in [0.25, 0.3) is 0 Å². The first-order valence-electron chi connectivity index (χ1n) is 9.09. The van der Waals surface area contributed by atoms with Crippen LogP contribution in [0, 0.1) is 0 Å². The Morgan fingerprint density at radius 2 is 2.08 bits per heavy atom. The molecular weight excluding hydrogens is 334 g/mol. The number of hydrogen-bond acceptors (Lipinski definition) is 4. The lowest BCUT2D eigenvalue weighted by atomic mass is 10.2. The number of ether oxygens (including phenoxy) is 1. The van der Waals surface area contributed by atoms with E-state index in [9.17, 15) is 9.59 Å². The molecule has 2 aliphatic heterocycles. The van der Waals surface area contributed by atoms with Crippen LogP contribution >= 0.6 is 0 Å². The van der Waals surface area contributed by atoms with Gasteiger partial charge < -0.3 is 20.7 Å². The number of carbonyl (C=O) groups excluding carboxylic acids is 2. The molecule has 0 radical (unpaired) electrons. The van der Waals surface area contributed by atoms with Gasteiger partial charge in [-0.15, -0.1) is 0 Å². The van der Waals surface area contributed by atoms with E-state index in [-0.39, 0.29) is 24.3 Å². The predicted molar refractivity (Wildman–Crippen MR) is 101 cm³/mol. The first-order valence-corrected chi connectivity index (χ1v) is 9.09. The van der Waals surface area contributed by atoms with Crippen LogP contribution in [0.15, 0.2) is 24.3 Å². The molecule has 0 aromatic heterocycles. The third kappa shape index (κ3) is 4.86. The Kier molecular flexibility index (Phi) is 5.95. The van der Waals surface area contributed by atoms with Crippen molar-refractivity contribution in [1.82, 2.24) is 15.5 Å². The molecule has 3 rings (SSSR count). The molecule has 2 aliphatic rings. The standard InChI is InChI=1S/C18H27N5O3/c1-13-11-22(12-14(2)26-13)8-6-19-17(24)21-15-4-3-5-16(10-15)23-9-7-20-18(23)25/h3-5,10,13-14H,6-9,11-12H2,1-2H3,(H,20,25)(H2,19,21,24). The average molecular weight is 361 g/mol. The van der Waals surface area contributed by atoms with Crippen LogP contribution in [0.2, 0.25) is 0 Å². The average Bonchev–Trinajstić information content (AvgIpc) is 3.00. The molecule has 0 bridgehead atoms. The van der Waals surface area contributed by atoms with Crippen molar-refractivity contribution < 1.29 is 14.3 Å². The van der Waals surface area contributed by atoms with Crippen molar-refractivity contribution in [2.75, 3.05) is 49.5 Å². The van der Waals surface area contributed by atoms with E-state index in [0.29, 0.717) is 25.3 Å². The molecule has 8 nitrogen and oxygen atoms in total. The third-order valence-corrected chi connectivity index (χ3v) is 4.48. The van der Waals surface area contributed by atoms with Crippen molar-refractivity contribution in [3.63, 3.8) is 0 Å². The van der Waals surface area contributed by atoms with E-state index in [4.69, 9.17) is 4.74 Å². The summed E-state index contributed by atoms with van der Waals surface area (Å²) < 4.78 is 5.71. The van der Waals surface area contributed by atoms with Gasteiger partial charge in [-0.05, 0) is 32.0 Å². The SMILES string of the molecule is CC1CN(CCNC(=O)Nc2cccc(N3CCNC3=O)c2)CC(C)O1. The number of nitrogens with zero attached hydrogens (tertiary/aromatic N) is 2. The van der Waals surface area contributed by atoms with Gasteiger partial charge in [0, 0.05) is 50.6 Å². The van der Waals surface area contributed by atoms with E-state index < -0.39 is 0 Å². The minimum atomic E-state index is -0.248. The summed E-state index contributed by atoms with van der Waals surface area (Å²) in [6.07, 6.45) is 0.441. The van der Waals surface area contributed by atoms with Gasteiger partial charge in [-0.25, -0.2) is 9.59 Å². The largest absolute Gasteiger partial charge is 0.373 e. The summed E-state index contributed by atoms with van der Waals surface area (Å²) in [5, 5.41) is 8.47. The molecule has 2 saturated heterocycles. The van der Waals surface area contributed by atoms with Gasteiger partial charge in [-0.3, -0.25) is 9.80 Å². The zero-order chi connectivity index (χ0) is 18.5. The van der Waals surface area contributed by atoms with Crippen molar-refractivity contribution in [1.29, 1.82) is 0 Å². The summed E-state index contributed by atoms with van der Waals surface area (Å²) in [6.45, 7) is 8.52. The van der Waals surface area contributed by atoms with Crippen LogP contribution in [-0.4, -0.2) is 68.4 Å². The molecule has 1 aromatic carbocycles. The van der Waals surface area contributed by atoms with Crippen LogP contribution < -0.4 is 20.9 Å². The molecule has 2 heterocycles. The molecule has 2 fully saturated rings. The Bertz CT molecular complexity index is 643. The number of rotatable bonds is 5. The topological polar surface area (TPSA) is 85.9 Å². The maximum absolute atomic E-state index is 12.1. The van der Waals surface area contributed by atoms with E-state index in [0.717, 1.165) is 25.3 Å². The van der Waals surface area contributed by atoms with E-state index >= 15 is 0 Å². The first-order chi connectivity index (χ1) is 12.5. The second-order valence-corrected chi connectivity index (χ2v) is 6.83. The molecule has 2 unspecified atom stereocenters. The maximum Gasteiger partial charge on any atom is 0.321 e. The molecule has 4 amide bonds. The fourth-order valence-corrected chi connectivity index (χ4v) is 3.44. The zero-order valence-corrected chi connectivity index (χ0v) is 15.3. The van der Waals surface area contributed by atoms with E-state index in [1.54, 1.807) is 11.0 Å². The molecule has 0 spiro atoms. The monoisotopic (exact) mass is 361 g/mol. The molecular formula is C18H27N5O3. The smallest absolute Gasteiger partial charge is 0.321 e. The molecule has 142 valence electrons. The first kappa shape index (κ1) is 18.5. The van der Waals surface area contributed by atoms with E-state index in [1.165, 1.54) is 0 Å². The van der Waals surface area contributed by atoms with Crippen LogP contribution in [-0.2, 0) is 4.74 Å². The number of hydrogen-bond donors (Lipinski definition) is 3. The highest BCUT2D eigenvalue weighted by Crippen LogP contribution is 2.20. The van der Waals surface area contributed by atoms with Gasteiger partial charge in [0.15, 0.2) is 0 Å². The second kappa shape index (κ2) is 8.37. The molecule has 0 aliphatic carbocycles. The highest BCUT2D eigenvalue weighted by molar-refractivity contribution is 5.95. The number of morpholine rings is 1. The second-order valence-electron chi connectivity index (χ2n) is 6.83. The fraction of sp³-hybridized carbons (Fsp3) is 0.556. The summed E-state index contributed by atoms with van der Waals surface area (Å²) >= 11 is 0. The van der Waals surface area contributed by atoms with Gasteiger partial charge in [-0.2, -0.15) is 0 Å². The highest BCUT2D eigenvalue weighted by Gasteiger charge is 2.22. The van der Waals surface area contributed by atoms with E-state index in [2.05, 4.69) is 34.7 Å². The summed E-state index contributed by atoms with van der Waals surface area (Å²) in [7, 11) is 0. The normalized spacial score (nSPS) is 23.6. The number of anilines is 2.